The van der Waals surface area contributed by atoms with Gasteiger partial charge in [-0.2, -0.15) is 0 Å². The fraction of sp³-hybridized carbons (Fsp3) is 0.154. The molecule has 0 bridgehead atoms. The van der Waals surface area contributed by atoms with Gasteiger partial charge < -0.3 is 14.8 Å². The van der Waals surface area contributed by atoms with Crippen molar-refractivity contribution in [1.29, 1.82) is 0 Å². The van der Waals surface area contributed by atoms with Crippen LogP contribution in [0, 0.1) is 6.92 Å². The van der Waals surface area contributed by atoms with E-state index in [9.17, 15) is 9.59 Å². The van der Waals surface area contributed by atoms with Gasteiger partial charge in [0, 0.05) is 16.3 Å². The van der Waals surface area contributed by atoms with Gasteiger partial charge in [-0.3, -0.25) is 9.59 Å². The number of aryl methyl sites for hydroxylation is 1. The molecule has 0 spiro atoms. The highest BCUT2D eigenvalue weighted by Gasteiger charge is 2.41. The molecule has 0 radical (unpaired) electrons. The molecule has 7 heteroatoms. The average molecular weight is 463 g/mol. The van der Waals surface area contributed by atoms with Gasteiger partial charge in [-0.15, -0.1) is 0 Å². The Morgan fingerprint density at radius 3 is 2.36 bits per heavy atom. The van der Waals surface area contributed by atoms with Crippen molar-refractivity contribution in [1.82, 2.24) is 0 Å². The summed E-state index contributed by atoms with van der Waals surface area (Å²) in [6.45, 7) is 4.29. The summed E-state index contributed by atoms with van der Waals surface area (Å²) < 4.78 is 11.0. The molecule has 1 aliphatic rings. The molecule has 0 saturated heterocycles. The molecular weight excluding hydrogens is 440 g/mol. The standard InChI is InChI=1S/C26H23ClN2O4/c1-4-33-19-12-10-18(11-13-19)29-25(30)23(20-7-5-6-8-22(20)32-3)24(26(29)31)28-21-14-9-17(27)15-16(21)2/h5-15,28H,4H2,1-3H3. The SMILES string of the molecule is CCOc1ccc(N2C(=O)C(Nc3ccc(Cl)cc3C)=C(c3ccccc3OC)C2=O)cc1. The number of para-hydroxylation sites is 1. The van der Waals surface area contributed by atoms with Crippen molar-refractivity contribution in [3.63, 3.8) is 0 Å². The summed E-state index contributed by atoms with van der Waals surface area (Å²) in [6, 6.07) is 19.3. The van der Waals surface area contributed by atoms with E-state index in [0.717, 1.165) is 10.5 Å². The first-order valence-corrected chi connectivity index (χ1v) is 10.8. The summed E-state index contributed by atoms with van der Waals surface area (Å²) in [5.41, 5.74) is 2.90. The Morgan fingerprint density at radius 2 is 1.70 bits per heavy atom. The predicted molar refractivity (Wildman–Crippen MR) is 130 cm³/mol. The van der Waals surface area contributed by atoms with Crippen LogP contribution in [0.2, 0.25) is 5.02 Å². The molecule has 0 saturated carbocycles. The average Bonchev–Trinajstić information content (AvgIpc) is 3.05. The zero-order chi connectivity index (χ0) is 23.5. The number of ether oxygens (including phenoxy) is 2. The summed E-state index contributed by atoms with van der Waals surface area (Å²) in [5, 5.41) is 3.76. The zero-order valence-electron chi connectivity index (χ0n) is 18.5. The number of benzene rings is 3. The van der Waals surface area contributed by atoms with Gasteiger partial charge in [0.2, 0.25) is 0 Å². The van der Waals surface area contributed by atoms with Gasteiger partial charge >= 0.3 is 0 Å². The fourth-order valence-corrected chi connectivity index (χ4v) is 3.97. The Hall–Kier alpha value is -3.77. The predicted octanol–water partition coefficient (Wildman–Crippen LogP) is 5.45. The van der Waals surface area contributed by atoms with E-state index < -0.39 is 11.8 Å². The second-order valence-corrected chi connectivity index (χ2v) is 7.84. The number of halogens is 1. The lowest BCUT2D eigenvalue weighted by atomic mass is 10.0. The van der Waals surface area contributed by atoms with Gasteiger partial charge in [0.15, 0.2) is 0 Å². The van der Waals surface area contributed by atoms with Crippen molar-refractivity contribution >= 4 is 40.4 Å². The maximum absolute atomic E-state index is 13.6. The molecule has 2 amide bonds. The minimum absolute atomic E-state index is 0.170. The molecule has 0 unspecified atom stereocenters. The highest BCUT2D eigenvalue weighted by molar-refractivity contribution is 6.46. The normalized spacial score (nSPS) is 13.5. The van der Waals surface area contributed by atoms with Gasteiger partial charge in [-0.25, -0.2) is 4.90 Å². The summed E-state index contributed by atoms with van der Waals surface area (Å²) in [5.74, 6) is 0.255. The summed E-state index contributed by atoms with van der Waals surface area (Å²) in [7, 11) is 1.53. The number of nitrogens with zero attached hydrogens (tertiary/aromatic N) is 1. The van der Waals surface area contributed by atoms with Crippen LogP contribution in [0.5, 0.6) is 11.5 Å². The second kappa shape index (κ2) is 9.38. The van der Waals surface area contributed by atoms with Crippen molar-refractivity contribution in [2.75, 3.05) is 23.9 Å². The molecule has 1 aliphatic heterocycles. The molecule has 0 atom stereocenters. The first-order valence-electron chi connectivity index (χ1n) is 10.5. The summed E-state index contributed by atoms with van der Waals surface area (Å²) in [6.07, 6.45) is 0. The summed E-state index contributed by atoms with van der Waals surface area (Å²) in [4.78, 5) is 28.4. The molecular formula is C26H23ClN2O4. The van der Waals surface area contributed by atoms with Gasteiger partial charge in [0.05, 0.1) is 25.0 Å². The third kappa shape index (κ3) is 4.30. The number of anilines is 2. The molecule has 6 nitrogen and oxygen atoms in total. The number of carbonyl (C=O) groups excluding carboxylic acids is 2. The lowest BCUT2D eigenvalue weighted by molar-refractivity contribution is -0.120. The van der Waals surface area contributed by atoms with Crippen LogP contribution < -0.4 is 19.7 Å². The Bertz CT molecular complexity index is 1250. The van der Waals surface area contributed by atoms with Crippen molar-refractivity contribution < 1.29 is 19.1 Å². The van der Waals surface area contributed by atoms with Crippen LogP contribution >= 0.6 is 11.6 Å². The third-order valence-electron chi connectivity index (χ3n) is 5.31. The third-order valence-corrected chi connectivity index (χ3v) is 5.55. The van der Waals surface area contributed by atoms with Crippen LogP contribution in [-0.4, -0.2) is 25.5 Å². The highest BCUT2D eigenvalue weighted by atomic mass is 35.5. The minimum atomic E-state index is -0.459. The molecule has 3 aromatic carbocycles. The molecule has 33 heavy (non-hydrogen) atoms. The van der Waals surface area contributed by atoms with E-state index >= 15 is 0 Å². The molecule has 1 heterocycles. The second-order valence-electron chi connectivity index (χ2n) is 7.41. The number of hydrogen-bond acceptors (Lipinski definition) is 5. The first kappa shape index (κ1) is 22.4. The van der Waals surface area contributed by atoms with Crippen LogP contribution in [0.1, 0.15) is 18.1 Å². The maximum Gasteiger partial charge on any atom is 0.282 e. The molecule has 0 fully saturated rings. The van der Waals surface area contributed by atoms with E-state index in [1.165, 1.54) is 7.11 Å². The maximum atomic E-state index is 13.6. The van der Waals surface area contributed by atoms with Gasteiger partial charge in [0.1, 0.15) is 17.2 Å². The Morgan fingerprint density at radius 1 is 0.970 bits per heavy atom. The summed E-state index contributed by atoms with van der Waals surface area (Å²) >= 11 is 6.09. The smallest absolute Gasteiger partial charge is 0.282 e. The van der Waals surface area contributed by atoms with Crippen molar-refractivity contribution in [3.05, 3.63) is 88.6 Å². The van der Waals surface area contributed by atoms with Crippen LogP contribution in [0.3, 0.4) is 0 Å². The quantitative estimate of drug-likeness (QED) is 0.473. The number of imide groups is 1. The number of carbonyl (C=O) groups is 2. The number of methoxy groups -OCH3 is 1. The van der Waals surface area contributed by atoms with Crippen LogP contribution in [0.4, 0.5) is 11.4 Å². The first-order chi connectivity index (χ1) is 15.9. The van der Waals surface area contributed by atoms with E-state index in [4.69, 9.17) is 21.1 Å². The molecule has 3 aromatic rings. The lowest BCUT2D eigenvalue weighted by Gasteiger charge is -2.16. The molecule has 1 N–H and O–H groups in total. The largest absolute Gasteiger partial charge is 0.496 e. The molecule has 0 aliphatic carbocycles. The van der Waals surface area contributed by atoms with Crippen molar-refractivity contribution in [2.45, 2.75) is 13.8 Å². The fourth-order valence-electron chi connectivity index (χ4n) is 3.74. The Labute approximate surface area is 197 Å². The van der Waals surface area contributed by atoms with Gasteiger partial charge in [-0.05, 0) is 67.9 Å². The molecule has 168 valence electrons. The van der Waals surface area contributed by atoms with Gasteiger partial charge in [-0.1, -0.05) is 29.8 Å². The van der Waals surface area contributed by atoms with Gasteiger partial charge in [0.25, 0.3) is 11.8 Å². The monoisotopic (exact) mass is 462 g/mol. The topological polar surface area (TPSA) is 67.9 Å². The van der Waals surface area contributed by atoms with Crippen LogP contribution in [0.15, 0.2) is 72.4 Å². The number of amides is 2. The van der Waals surface area contributed by atoms with Crippen molar-refractivity contribution in [2.24, 2.45) is 0 Å². The lowest BCUT2D eigenvalue weighted by Crippen LogP contribution is -2.32. The number of nitrogens with one attached hydrogen (secondary N) is 1. The van der Waals surface area contributed by atoms with E-state index in [-0.39, 0.29) is 11.3 Å². The minimum Gasteiger partial charge on any atom is -0.496 e. The molecule has 4 rings (SSSR count). The van der Waals surface area contributed by atoms with Crippen LogP contribution in [-0.2, 0) is 9.59 Å². The number of hydrogen-bond donors (Lipinski definition) is 1. The molecule has 0 aromatic heterocycles. The number of rotatable bonds is 7. The van der Waals surface area contributed by atoms with Crippen LogP contribution in [0.25, 0.3) is 5.57 Å². The van der Waals surface area contributed by atoms with E-state index in [1.807, 2.05) is 19.9 Å². The highest BCUT2D eigenvalue weighted by Crippen LogP contribution is 2.38. The van der Waals surface area contributed by atoms with Crippen molar-refractivity contribution in [3.8, 4) is 11.5 Å². The Kier molecular flexibility index (Phi) is 6.38. The Balaban J connectivity index is 1.82. The zero-order valence-corrected chi connectivity index (χ0v) is 19.3. The van der Waals surface area contributed by atoms with E-state index in [1.54, 1.807) is 60.7 Å². The van der Waals surface area contributed by atoms with E-state index in [2.05, 4.69) is 5.32 Å². The van der Waals surface area contributed by atoms with E-state index in [0.29, 0.717) is 40.1 Å².